The maximum Gasteiger partial charge on any atom is 0.303 e. The third-order valence-electron chi connectivity index (χ3n) is 3.61. The van der Waals surface area contributed by atoms with Crippen molar-refractivity contribution in [2.45, 2.75) is 19.4 Å². The number of carbonyl (C=O) groups excluding carboxylic acids is 1. The molecule has 24 heavy (non-hydrogen) atoms. The molecule has 0 spiro atoms. The second kappa shape index (κ2) is 6.45. The van der Waals surface area contributed by atoms with Gasteiger partial charge >= 0.3 is 5.97 Å². The minimum Gasteiger partial charge on any atom is -0.450 e. The van der Waals surface area contributed by atoms with Gasteiger partial charge in [0.15, 0.2) is 5.60 Å². The average molecular weight is 330 g/mol. The Morgan fingerprint density at radius 2 is 1.21 bits per heavy atom. The summed E-state index contributed by atoms with van der Waals surface area (Å²) >= 11 is 0. The van der Waals surface area contributed by atoms with Crippen LogP contribution in [0.5, 0.6) is 0 Å². The number of non-ortho nitro benzene ring substituents is 2. The Balaban J connectivity index is 2.50. The summed E-state index contributed by atoms with van der Waals surface area (Å²) in [6.07, 6.45) is 0. The van der Waals surface area contributed by atoms with E-state index in [4.69, 9.17) is 4.74 Å². The number of hydrogen-bond acceptors (Lipinski definition) is 6. The van der Waals surface area contributed by atoms with Crippen LogP contribution >= 0.6 is 0 Å². The SMILES string of the molecule is CC(=O)OC(C)(c1ccc([N+](=O)[O-])cc1)c1ccc([N+](=O)[O-])cc1. The Morgan fingerprint density at radius 1 is 0.875 bits per heavy atom. The zero-order valence-corrected chi connectivity index (χ0v) is 13.0. The maximum atomic E-state index is 11.5. The highest BCUT2D eigenvalue weighted by molar-refractivity contribution is 5.67. The van der Waals surface area contributed by atoms with E-state index in [0.717, 1.165) is 0 Å². The Labute approximate surface area is 137 Å². The van der Waals surface area contributed by atoms with Gasteiger partial charge in [0.05, 0.1) is 9.85 Å². The van der Waals surface area contributed by atoms with Gasteiger partial charge in [-0.2, -0.15) is 0 Å². The van der Waals surface area contributed by atoms with Gasteiger partial charge in [-0.25, -0.2) is 0 Å². The summed E-state index contributed by atoms with van der Waals surface area (Å²) in [6.45, 7) is 2.87. The van der Waals surface area contributed by atoms with Crippen molar-refractivity contribution in [2.75, 3.05) is 0 Å². The van der Waals surface area contributed by atoms with Gasteiger partial charge in [0, 0.05) is 42.3 Å². The molecule has 0 aromatic heterocycles. The fourth-order valence-electron chi connectivity index (χ4n) is 2.37. The molecule has 0 aliphatic heterocycles. The highest BCUT2D eigenvalue weighted by Gasteiger charge is 2.33. The van der Waals surface area contributed by atoms with Crippen molar-refractivity contribution in [3.8, 4) is 0 Å². The van der Waals surface area contributed by atoms with Gasteiger partial charge < -0.3 is 4.74 Å². The summed E-state index contributed by atoms with van der Waals surface area (Å²) in [7, 11) is 0. The minimum absolute atomic E-state index is 0.0902. The van der Waals surface area contributed by atoms with Crippen molar-refractivity contribution in [3.05, 3.63) is 79.9 Å². The first-order valence-electron chi connectivity index (χ1n) is 6.93. The zero-order valence-electron chi connectivity index (χ0n) is 13.0. The van der Waals surface area contributed by atoms with Gasteiger partial charge in [-0.05, 0) is 31.2 Å². The molecule has 124 valence electrons. The van der Waals surface area contributed by atoms with Gasteiger partial charge in [0.2, 0.25) is 0 Å². The fraction of sp³-hybridized carbons (Fsp3) is 0.188. The van der Waals surface area contributed by atoms with E-state index in [1.807, 2.05) is 0 Å². The van der Waals surface area contributed by atoms with E-state index in [9.17, 15) is 25.0 Å². The number of nitrogens with zero attached hydrogens (tertiary/aromatic N) is 2. The van der Waals surface area contributed by atoms with Crippen LogP contribution in [0.3, 0.4) is 0 Å². The Morgan fingerprint density at radius 3 is 1.46 bits per heavy atom. The van der Waals surface area contributed by atoms with Crippen LogP contribution in [0.4, 0.5) is 11.4 Å². The summed E-state index contributed by atoms with van der Waals surface area (Å²) < 4.78 is 5.43. The molecular weight excluding hydrogens is 316 g/mol. The number of esters is 1. The van der Waals surface area contributed by atoms with Gasteiger partial charge in [0.1, 0.15) is 0 Å². The summed E-state index contributed by atoms with van der Waals surface area (Å²) in [6, 6.07) is 11.2. The average Bonchev–Trinajstić information content (AvgIpc) is 2.54. The molecular formula is C16H14N2O6. The van der Waals surface area contributed by atoms with Crippen LogP contribution in [0.1, 0.15) is 25.0 Å². The number of nitro benzene ring substituents is 2. The summed E-state index contributed by atoms with van der Waals surface area (Å²) in [5.74, 6) is -0.547. The van der Waals surface area contributed by atoms with Crippen LogP contribution in [0, 0.1) is 20.2 Å². The molecule has 0 fully saturated rings. The normalized spacial score (nSPS) is 10.9. The lowest BCUT2D eigenvalue weighted by atomic mass is 9.87. The highest BCUT2D eigenvalue weighted by Crippen LogP contribution is 2.35. The lowest BCUT2D eigenvalue weighted by Gasteiger charge is -2.30. The molecule has 2 rings (SSSR count). The lowest BCUT2D eigenvalue weighted by molar-refractivity contribution is -0.385. The fourth-order valence-corrected chi connectivity index (χ4v) is 2.37. The molecule has 0 N–H and O–H groups in total. The maximum absolute atomic E-state index is 11.5. The van der Waals surface area contributed by atoms with Gasteiger partial charge in [0.25, 0.3) is 11.4 Å². The quantitative estimate of drug-likeness (QED) is 0.472. The van der Waals surface area contributed by atoms with Crippen LogP contribution < -0.4 is 0 Å². The van der Waals surface area contributed by atoms with E-state index in [-0.39, 0.29) is 11.4 Å². The first-order chi connectivity index (χ1) is 11.2. The molecule has 8 nitrogen and oxygen atoms in total. The predicted molar refractivity (Wildman–Crippen MR) is 84.4 cm³/mol. The van der Waals surface area contributed by atoms with Crippen LogP contribution in [0.15, 0.2) is 48.5 Å². The zero-order chi connectivity index (χ0) is 17.9. The van der Waals surface area contributed by atoms with Crippen molar-refractivity contribution in [1.82, 2.24) is 0 Å². The smallest absolute Gasteiger partial charge is 0.303 e. The van der Waals surface area contributed by atoms with Crippen LogP contribution in [0.2, 0.25) is 0 Å². The molecule has 0 saturated carbocycles. The number of ether oxygens (including phenoxy) is 1. The van der Waals surface area contributed by atoms with E-state index < -0.39 is 21.4 Å². The number of nitro groups is 2. The number of carbonyl (C=O) groups is 1. The molecule has 0 radical (unpaired) electrons. The molecule has 0 unspecified atom stereocenters. The molecule has 8 heteroatoms. The largest absolute Gasteiger partial charge is 0.450 e. The second-order valence-corrected chi connectivity index (χ2v) is 5.23. The van der Waals surface area contributed by atoms with E-state index in [0.29, 0.717) is 11.1 Å². The van der Waals surface area contributed by atoms with Crippen LogP contribution in [0.25, 0.3) is 0 Å². The van der Waals surface area contributed by atoms with Gasteiger partial charge in [-0.1, -0.05) is 0 Å². The Hall–Kier alpha value is -3.29. The molecule has 0 aliphatic rings. The van der Waals surface area contributed by atoms with Crippen molar-refractivity contribution in [3.63, 3.8) is 0 Å². The highest BCUT2D eigenvalue weighted by atomic mass is 16.6. The summed E-state index contributed by atoms with van der Waals surface area (Å²) in [4.78, 5) is 32.0. The van der Waals surface area contributed by atoms with E-state index >= 15 is 0 Å². The molecule has 0 heterocycles. The standard InChI is InChI=1S/C16H14N2O6/c1-11(19)24-16(2,12-3-7-14(8-4-12)17(20)21)13-5-9-15(10-6-13)18(22)23/h3-10H,1-2H3. The van der Waals surface area contributed by atoms with Crippen molar-refractivity contribution in [2.24, 2.45) is 0 Å². The monoisotopic (exact) mass is 330 g/mol. The molecule has 2 aromatic rings. The number of benzene rings is 2. The first kappa shape index (κ1) is 17.1. The molecule has 0 atom stereocenters. The van der Waals surface area contributed by atoms with Gasteiger partial charge in [-0.15, -0.1) is 0 Å². The third kappa shape index (κ3) is 3.37. The second-order valence-electron chi connectivity index (χ2n) is 5.23. The van der Waals surface area contributed by atoms with Crippen LogP contribution in [-0.2, 0) is 15.1 Å². The van der Waals surface area contributed by atoms with E-state index in [1.165, 1.54) is 55.5 Å². The summed E-state index contributed by atoms with van der Waals surface area (Å²) in [5.41, 5.74) is -0.384. The van der Waals surface area contributed by atoms with Crippen LogP contribution in [-0.4, -0.2) is 15.8 Å². The minimum atomic E-state index is -1.23. The lowest BCUT2D eigenvalue weighted by Crippen LogP contribution is -2.29. The van der Waals surface area contributed by atoms with Gasteiger partial charge in [-0.3, -0.25) is 25.0 Å². The predicted octanol–water partition coefficient (Wildman–Crippen LogP) is 3.33. The third-order valence-corrected chi connectivity index (χ3v) is 3.61. The Bertz CT molecular complexity index is 726. The number of hydrogen-bond donors (Lipinski definition) is 0. The molecule has 2 aromatic carbocycles. The van der Waals surface area contributed by atoms with Crippen molar-refractivity contribution < 1.29 is 19.4 Å². The molecule has 0 aliphatic carbocycles. The van der Waals surface area contributed by atoms with E-state index in [2.05, 4.69) is 0 Å². The summed E-state index contributed by atoms with van der Waals surface area (Å²) in [5, 5.41) is 21.5. The Kier molecular flexibility index (Phi) is 4.59. The number of rotatable bonds is 5. The molecule has 0 bridgehead atoms. The van der Waals surface area contributed by atoms with Crippen molar-refractivity contribution >= 4 is 17.3 Å². The molecule has 0 amide bonds. The van der Waals surface area contributed by atoms with E-state index in [1.54, 1.807) is 6.92 Å². The topological polar surface area (TPSA) is 113 Å². The first-order valence-corrected chi connectivity index (χ1v) is 6.93. The van der Waals surface area contributed by atoms with Crippen molar-refractivity contribution in [1.29, 1.82) is 0 Å². The molecule has 0 saturated heterocycles.